The quantitative estimate of drug-likeness (QED) is 0.798. The van der Waals surface area contributed by atoms with Crippen LogP contribution in [-0.4, -0.2) is 15.7 Å². The minimum Gasteiger partial charge on any atom is -0.487 e. The van der Waals surface area contributed by atoms with Crippen LogP contribution in [-0.2, 0) is 0 Å². The number of thiocarbonyl (C=S) groups is 1. The van der Waals surface area contributed by atoms with E-state index in [1.807, 2.05) is 19.1 Å². The number of fused-ring (bicyclic) bond motifs is 1. The van der Waals surface area contributed by atoms with Crippen LogP contribution in [0.1, 0.15) is 43.0 Å². The third kappa shape index (κ3) is 3.85. The van der Waals surface area contributed by atoms with E-state index in [9.17, 15) is 0 Å². The molecule has 1 aliphatic rings. The molecule has 0 fully saturated rings. The van der Waals surface area contributed by atoms with Crippen LogP contribution in [0.25, 0.3) is 0 Å². The van der Waals surface area contributed by atoms with E-state index in [4.69, 9.17) is 17.0 Å². The van der Waals surface area contributed by atoms with Crippen molar-refractivity contribution in [1.82, 2.24) is 10.3 Å². The molecule has 126 valence electrons. The summed E-state index contributed by atoms with van der Waals surface area (Å²) >= 11 is 5.49. The standard InChI is InChI=1S/C19H23N3OS/c1-12-5-6-14-15(11-19(3,4)23-16(14)9-12)21-18(24)22-17-10-13(2)7-8-20-17/h5-10,15H,11H2,1-4H3,(H2,20,21,22,24)/t15-/m1/s1. The zero-order valence-corrected chi connectivity index (χ0v) is 15.3. The molecule has 1 aromatic heterocycles. The number of benzene rings is 1. The van der Waals surface area contributed by atoms with Gasteiger partial charge in [-0.25, -0.2) is 4.98 Å². The van der Waals surface area contributed by atoms with Gasteiger partial charge in [-0.15, -0.1) is 0 Å². The van der Waals surface area contributed by atoms with Crippen LogP contribution in [0.5, 0.6) is 5.75 Å². The van der Waals surface area contributed by atoms with Gasteiger partial charge in [0.2, 0.25) is 0 Å². The Morgan fingerprint density at radius 3 is 2.71 bits per heavy atom. The molecule has 1 aromatic carbocycles. The summed E-state index contributed by atoms with van der Waals surface area (Å²) in [4.78, 5) is 4.29. The Morgan fingerprint density at radius 2 is 1.96 bits per heavy atom. The topological polar surface area (TPSA) is 46.2 Å². The first-order chi connectivity index (χ1) is 11.3. The maximum absolute atomic E-state index is 6.13. The summed E-state index contributed by atoms with van der Waals surface area (Å²) in [6.45, 7) is 8.31. The number of nitrogens with one attached hydrogen (secondary N) is 2. The van der Waals surface area contributed by atoms with E-state index in [0.717, 1.165) is 29.1 Å². The second kappa shape index (κ2) is 6.40. The van der Waals surface area contributed by atoms with E-state index in [1.165, 1.54) is 5.56 Å². The SMILES string of the molecule is Cc1ccnc(NC(=S)N[C@@H]2CC(C)(C)Oc3cc(C)ccc32)c1. The van der Waals surface area contributed by atoms with Gasteiger partial charge >= 0.3 is 0 Å². The van der Waals surface area contributed by atoms with Gasteiger partial charge in [-0.05, 0) is 69.2 Å². The van der Waals surface area contributed by atoms with E-state index >= 15 is 0 Å². The Kier molecular flexibility index (Phi) is 4.45. The fourth-order valence-electron chi connectivity index (χ4n) is 3.00. The van der Waals surface area contributed by atoms with Crippen LogP contribution in [0, 0.1) is 13.8 Å². The van der Waals surface area contributed by atoms with E-state index < -0.39 is 0 Å². The van der Waals surface area contributed by atoms with Crippen molar-refractivity contribution < 1.29 is 4.74 Å². The predicted molar refractivity (Wildman–Crippen MR) is 102 cm³/mol. The Hall–Kier alpha value is -2.14. The van der Waals surface area contributed by atoms with E-state index in [0.29, 0.717) is 5.11 Å². The highest BCUT2D eigenvalue weighted by atomic mass is 32.1. The average Bonchev–Trinajstić information content (AvgIpc) is 2.45. The van der Waals surface area contributed by atoms with Crippen molar-refractivity contribution in [3.63, 3.8) is 0 Å². The Bertz CT molecular complexity index is 773. The molecule has 0 bridgehead atoms. The monoisotopic (exact) mass is 341 g/mol. The minimum atomic E-state index is -0.240. The Morgan fingerprint density at radius 1 is 1.21 bits per heavy atom. The molecule has 2 aromatic rings. The van der Waals surface area contributed by atoms with Gasteiger partial charge in [0.25, 0.3) is 0 Å². The van der Waals surface area contributed by atoms with Crippen LogP contribution in [0.2, 0.25) is 0 Å². The summed E-state index contributed by atoms with van der Waals surface area (Å²) < 4.78 is 6.13. The number of aromatic nitrogens is 1. The van der Waals surface area contributed by atoms with Crippen molar-refractivity contribution in [3.05, 3.63) is 53.2 Å². The lowest BCUT2D eigenvalue weighted by molar-refractivity contribution is 0.0696. The maximum atomic E-state index is 6.13. The van der Waals surface area contributed by atoms with Gasteiger partial charge in [-0.1, -0.05) is 12.1 Å². The van der Waals surface area contributed by atoms with Crippen molar-refractivity contribution in [3.8, 4) is 5.75 Å². The first-order valence-electron chi connectivity index (χ1n) is 8.12. The van der Waals surface area contributed by atoms with E-state index in [2.05, 4.69) is 54.6 Å². The smallest absolute Gasteiger partial charge is 0.172 e. The van der Waals surface area contributed by atoms with Gasteiger partial charge in [0, 0.05) is 18.2 Å². The number of pyridine rings is 1. The van der Waals surface area contributed by atoms with Crippen molar-refractivity contribution in [1.29, 1.82) is 0 Å². The van der Waals surface area contributed by atoms with Crippen LogP contribution in [0.3, 0.4) is 0 Å². The minimum absolute atomic E-state index is 0.106. The van der Waals surface area contributed by atoms with Crippen LogP contribution >= 0.6 is 12.2 Å². The number of ether oxygens (including phenoxy) is 1. The molecule has 0 saturated heterocycles. The molecule has 1 atom stereocenters. The molecule has 3 rings (SSSR count). The lowest BCUT2D eigenvalue weighted by Gasteiger charge is -2.38. The van der Waals surface area contributed by atoms with Gasteiger partial charge in [0.05, 0.1) is 6.04 Å². The zero-order chi connectivity index (χ0) is 17.3. The Labute approximate surface area is 148 Å². The largest absolute Gasteiger partial charge is 0.487 e. The summed E-state index contributed by atoms with van der Waals surface area (Å²) in [5.74, 6) is 1.68. The molecule has 4 nitrogen and oxygen atoms in total. The molecule has 24 heavy (non-hydrogen) atoms. The summed E-state index contributed by atoms with van der Waals surface area (Å²) in [5, 5.41) is 7.16. The van der Waals surface area contributed by atoms with E-state index in [1.54, 1.807) is 6.20 Å². The van der Waals surface area contributed by atoms with Crippen LogP contribution in [0.15, 0.2) is 36.5 Å². The van der Waals surface area contributed by atoms with Crippen molar-refractivity contribution in [2.24, 2.45) is 0 Å². The summed E-state index contributed by atoms with van der Waals surface area (Å²) in [7, 11) is 0. The number of aryl methyl sites for hydroxylation is 2. The van der Waals surface area contributed by atoms with E-state index in [-0.39, 0.29) is 11.6 Å². The summed E-state index contributed by atoms with van der Waals surface area (Å²) in [6.07, 6.45) is 2.61. The van der Waals surface area contributed by atoms with Crippen LogP contribution < -0.4 is 15.4 Å². The first kappa shape index (κ1) is 16.7. The van der Waals surface area contributed by atoms with Gasteiger partial charge in [-0.2, -0.15) is 0 Å². The normalized spacial score (nSPS) is 18.2. The lowest BCUT2D eigenvalue weighted by atomic mass is 9.89. The van der Waals surface area contributed by atoms with Gasteiger partial charge in [0.15, 0.2) is 5.11 Å². The third-order valence-electron chi connectivity index (χ3n) is 4.09. The number of anilines is 1. The molecule has 1 aliphatic heterocycles. The third-order valence-corrected chi connectivity index (χ3v) is 4.31. The molecular formula is C19H23N3OS. The number of hydrogen-bond acceptors (Lipinski definition) is 3. The van der Waals surface area contributed by atoms with Gasteiger partial charge in [-0.3, -0.25) is 0 Å². The number of rotatable bonds is 2. The van der Waals surface area contributed by atoms with Crippen LogP contribution in [0.4, 0.5) is 5.82 Å². The molecule has 0 spiro atoms. The lowest BCUT2D eigenvalue weighted by Crippen LogP contribution is -2.42. The molecule has 0 unspecified atom stereocenters. The highest BCUT2D eigenvalue weighted by Gasteiger charge is 2.34. The summed E-state index contributed by atoms with van der Waals surface area (Å²) in [5.41, 5.74) is 3.23. The highest BCUT2D eigenvalue weighted by molar-refractivity contribution is 7.80. The fourth-order valence-corrected chi connectivity index (χ4v) is 3.25. The predicted octanol–water partition coefficient (Wildman–Crippen LogP) is 4.29. The summed E-state index contributed by atoms with van der Waals surface area (Å²) in [6, 6.07) is 10.3. The number of nitrogens with zero attached hydrogens (tertiary/aromatic N) is 1. The number of hydrogen-bond donors (Lipinski definition) is 2. The Balaban J connectivity index is 1.78. The van der Waals surface area contributed by atoms with Crippen molar-refractivity contribution in [2.75, 3.05) is 5.32 Å². The zero-order valence-electron chi connectivity index (χ0n) is 14.5. The molecule has 0 radical (unpaired) electrons. The molecular weight excluding hydrogens is 318 g/mol. The molecule has 0 saturated carbocycles. The molecule has 0 amide bonds. The first-order valence-corrected chi connectivity index (χ1v) is 8.53. The maximum Gasteiger partial charge on any atom is 0.172 e. The van der Waals surface area contributed by atoms with Gasteiger partial charge in [0.1, 0.15) is 17.2 Å². The van der Waals surface area contributed by atoms with Crippen molar-refractivity contribution in [2.45, 2.75) is 45.8 Å². The van der Waals surface area contributed by atoms with Crippen molar-refractivity contribution >= 4 is 23.1 Å². The highest BCUT2D eigenvalue weighted by Crippen LogP contribution is 2.39. The molecule has 2 heterocycles. The average molecular weight is 341 g/mol. The molecule has 5 heteroatoms. The molecule has 2 N–H and O–H groups in total. The van der Waals surface area contributed by atoms with Gasteiger partial charge < -0.3 is 15.4 Å². The second-order valence-corrected chi connectivity index (χ2v) is 7.38. The second-order valence-electron chi connectivity index (χ2n) is 6.98. The fraction of sp³-hybridized carbons (Fsp3) is 0.368. The molecule has 0 aliphatic carbocycles.